The standard InChI is InChI=1S/C18H17ClFN3O3/c19-15-4-2-1-3-14(15)18(26)21-10-9-16(24)22-23-17(25)11-12-5-7-13(20)8-6-12/h1-8H,9-11H2,(H,21,26)(H,22,24)(H,23,25). The number of halogens is 2. The average Bonchev–Trinajstić information content (AvgIpc) is 2.62. The van der Waals surface area contributed by atoms with Crippen molar-refractivity contribution < 1.29 is 18.8 Å². The molecular formula is C18H17ClFN3O3. The topological polar surface area (TPSA) is 87.3 Å². The number of benzene rings is 2. The largest absolute Gasteiger partial charge is 0.351 e. The molecule has 0 saturated carbocycles. The second kappa shape index (κ2) is 9.53. The minimum atomic E-state index is -0.461. The number of carbonyl (C=O) groups excluding carboxylic acids is 3. The third-order valence-electron chi connectivity index (χ3n) is 3.38. The van der Waals surface area contributed by atoms with Gasteiger partial charge in [-0.2, -0.15) is 0 Å². The summed E-state index contributed by atoms with van der Waals surface area (Å²) < 4.78 is 12.8. The van der Waals surface area contributed by atoms with E-state index in [2.05, 4.69) is 16.2 Å². The van der Waals surface area contributed by atoms with Crippen LogP contribution in [0.2, 0.25) is 5.02 Å². The predicted molar refractivity (Wildman–Crippen MR) is 94.8 cm³/mol. The second-order valence-corrected chi connectivity index (χ2v) is 5.79. The quantitative estimate of drug-likeness (QED) is 0.673. The van der Waals surface area contributed by atoms with Gasteiger partial charge in [-0.05, 0) is 29.8 Å². The fourth-order valence-electron chi connectivity index (χ4n) is 2.06. The molecule has 6 nitrogen and oxygen atoms in total. The number of hydrazine groups is 1. The number of nitrogens with one attached hydrogen (secondary N) is 3. The summed E-state index contributed by atoms with van der Waals surface area (Å²) in [5.74, 6) is -1.67. The zero-order valence-electron chi connectivity index (χ0n) is 13.7. The Bertz CT molecular complexity index is 797. The molecule has 3 N–H and O–H groups in total. The van der Waals surface area contributed by atoms with Crippen molar-refractivity contribution in [2.24, 2.45) is 0 Å². The van der Waals surface area contributed by atoms with Gasteiger partial charge in [0, 0.05) is 13.0 Å². The highest BCUT2D eigenvalue weighted by atomic mass is 35.5. The van der Waals surface area contributed by atoms with E-state index in [0.29, 0.717) is 16.1 Å². The van der Waals surface area contributed by atoms with Crippen LogP contribution in [-0.4, -0.2) is 24.3 Å². The lowest BCUT2D eigenvalue weighted by Crippen LogP contribution is -2.43. The van der Waals surface area contributed by atoms with Gasteiger partial charge in [0.15, 0.2) is 0 Å². The lowest BCUT2D eigenvalue weighted by molar-refractivity contribution is -0.128. The van der Waals surface area contributed by atoms with Crippen LogP contribution >= 0.6 is 11.6 Å². The predicted octanol–water partition coefficient (Wildman–Crippen LogP) is 1.99. The summed E-state index contributed by atoms with van der Waals surface area (Å²) in [5, 5.41) is 2.89. The van der Waals surface area contributed by atoms with Crippen LogP contribution in [0.25, 0.3) is 0 Å². The second-order valence-electron chi connectivity index (χ2n) is 5.39. The highest BCUT2D eigenvalue weighted by Crippen LogP contribution is 2.14. The van der Waals surface area contributed by atoms with Gasteiger partial charge in [0.2, 0.25) is 11.8 Å². The first-order valence-corrected chi connectivity index (χ1v) is 8.18. The highest BCUT2D eigenvalue weighted by molar-refractivity contribution is 6.33. The first-order valence-electron chi connectivity index (χ1n) is 7.80. The minimum Gasteiger partial charge on any atom is -0.351 e. The van der Waals surface area contributed by atoms with Crippen LogP contribution in [-0.2, 0) is 16.0 Å². The Morgan fingerprint density at radius 2 is 1.58 bits per heavy atom. The molecule has 0 bridgehead atoms. The molecule has 0 atom stereocenters. The molecule has 8 heteroatoms. The molecular weight excluding hydrogens is 361 g/mol. The highest BCUT2D eigenvalue weighted by Gasteiger charge is 2.10. The summed E-state index contributed by atoms with van der Waals surface area (Å²) >= 11 is 5.91. The lowest BCUT2D eigenvalue weighted by atomic mass is 10.1. The van der Waals surface area contributed by atoms with E-state index in [0.717, 1.165) is 0 Å². The van der Waals surface area contributed by atoms with Crippen LogP contribution in [0, 0.1) is 5.82 Å². The molecule has 26 heavy (non-hydrogen) atoms. The molecule has 136 valence electrons. The van der Waals surface area contributed by atoms with Gasteiger partial charge in [-0.1, -0.05) is 35.9 Å². The number of amides is 3. The van der Waals surface area contributed by atoms with E-state index in [1.54, 1.807) is 24.3 Å². The van der Waals surface area contributed by atoms with E-state index in [1.807, 2.05) is 0 Å². The zero-order chi connectivity index (χ0) is 18.9. The van der Waals surface area contributed by atoms with Gasteiger partial charge >= 0.3 is 0 Å². The Morgan fingerprint density at radius 3 is 2.27 bits per heavy atom. The Labute approximate surface area is 154 Å². The van der Waals surface area contributed by atoms with Crippen molar-refractivity contribution in [3.63, 3.8) is 0 Å². The van der Waals surface area contributed by atoms with Crippen LogP contribution in [0.1, 0.15) is 22.3 Å². The monoisotopic (exact) mass is 377 g/mol. The van der Waals surface area contributed by atoms with Crippen molar-refractivity contribution in [3.05, 3.63) is 70.5 Å². The van der Waals surface area contributed by atoms with Crippen LogP contribution in [0.3, 0.4) is 0 Å². The van der Waals surface area contributed by atoms with Gasteiger partial charge in [0.25, 0.3) is 5.91 Å². The first-order chi connectivity index (χ1) is 12.5. The summed E-state index contributed by atoms with van der Waals surface area (Å²) in [6, 6.07) is 12.0. The molecule has 2 aromatic carbocycles. The molecule has 2 rings (SSSR count). The maximum atomic E-state index is 12.8. The Morgan fingerprint density at radius 1 is 0.923 bits per heavy atom. The van der Waals surface area contributed by atoms with E-state index in [4.69, 9.17) is 11.6 Å². The van der Waals surface area contributed by atoms with Crippen LogP contribution in [0.5, 0.6) is 0 Å². The Balaban J connectivity index is 1.67. The molecule has 0 heterocycles. The fourth-order valence-corrected chi connectivity index (χ4v) is 2.29. The summed E-state index contributed by atoms with van der Waals surface area (Å²) in [6.45, 7) is 0.0870. The summed E-state index contributed by atoms with van der Waals surface area (Å²) in [5.41, 5.74) is 5.44. The fraction of sp³-hybridized carbons (Fsp3) is 0.167. The van der Waals surface area contributed by atoms with E-state index in [1.165, 1.54) is 24.3 Å². The normalized spacial score (nSPS) is 10.1. The lowest BCUT2D eigenvalue weighted by Gasteiger charge is -2.09. The van der Waals surface area contributed by atoms with Crippen LogP contribution < -0.4 is 16.2 Å². The third-order valence-corrected chi connectivity index (χ3v) is 3.70. The van der Waals surface area contributed by atoms with Crippen molar-refractivity contribution in [1.29, 1.82) is 0 Å². The maximum Gasteiger partial charge on any atom is 0.252 e. The molecule has 0 aliphatic carbocycles. The van der Waals surface area contributed by atoms with E-state index in [-0.39, 0.29) is 31.1 Å². The van der Waals surface area contributed by atoms with Gasteiger partial charge < -0.3 is 5.32 Å². The smallest absolute Gasteiger partial charge is 0.252 e. The molecule has 0 aliphatic rings. The average molecular weight is 378 g/mol. The molecule has 2 aromatic rings. The molecule has 0 spiro atoms. The molecule has 0 saturated heterocycles. The van der Waals surface area contributed by atoms with Crippen molar-refractivity contribution in [2.45, 2.75) is 12.8 Å². The summed E-state index contributed by atoms with van der Waals surface area (Å²) in [7, 11) is 0. The molecule has 3 amide bonds. The Kier molecular flexibility index (Phi) is 7.11. The number of carbonyl (C=O) groups is 3. The molecule has 0 fully saturated rings. The summed E-state index contributed by atoms with van der Waals surface area (Å²) in [4.78, 5) is 35.3. The van der Waals surface area contributed by atoms with Crippen LogP contribution in [0.4, 0.5) is 4.39 Å². The van der Waals surface area contributed by atoms with Gasteiger partial charge in [0.1, 0.15) is 5.82 Å². The van der Waals surface area contributed by atoms with Gasteiger partial charge in [-0.15, -0.1) is 0 Å². The van der Waals surface area contributed by atoms with Gasteiger partial charge in [-0.25, -0.2) is 4.39 Å². The molecule has 0 aliphatic heterocycles. The SMILES string of the molecule is O=C(CCNC(=O)c1ccccc1Cl)NNC(=O)Cc1ccc(F)cc1. The van der Waals surface area contributed by atoms with Gasteiger partial charge in [0.05, 0.1) is 17.0 Å². The van der Waals surface area contributed by atoms with E-state index in [9.17, 15) is 18.8 Å². The molecule has 0 aromatic heterocycles. The zero-order valence-corrected chi connectivity index (χ0v) is 14.5. The third kappa shape index (κ3) is 6.18. The number of hydrogen-bond acceptors (Lipinski definition) is 3. The van der Waals surface area contributed by atoms with Crippen molar-refractivity contribution in [3.8, 4) is 0 Å². The minimum absolute atomic E-state index is 0.00377. The molecule has 0 radical (unpaired) electrons. The number of hydrogen-bond donors (Lipinski definition) is 3. The first kappa shape index (κ1) is 19.4. The number of rotatable bonds is 6. The van der Waals surface area contributed by atoms with Crippen LogP contribution in [0.15, 0.2) is 48.5 Å². The maximum absolute atomic E-state index is 12.8. The van der Waals surface area contributed by atoms with E-state index >= 15 is 0 Å². The van der Waals surface area contributed by atoms with Crippen molar-refractivity contribution in [1.82, 2.24) is 16.2 Å². The van der Waals surface area contributed by atoms with Gasteiger partial charge in [-0.3, -0.25) is 25.2 Å². The summed E-state index contributed by atoms with van der Waals surface area (Å²) in [6.07, 6.45) is -0.0170. The van der Waals surface area contributed by atoms with Crippen molar-refractivity contribution in [2.75, 3.05) is 6.54 Å². The van der Waals surface area contributed by atoms with E-state index < -0.39 is 11.8 Å². The molecule has 0 unspecified atom stereocenters. The Hall–Kier alpha value is -2.93. The van der Waals surface area contributed by atoms with Crippen molar-refractivity contribution >= 4 is 29.3 Å².